The Bertz CT molecular complexity index is 342. The first-order valence-corrected chi connectivity index (χ1v) is 4.08. The fourth-order valence-corrected chi connectivity index (χ4v) is 1.04. The Labute approximate surface area is 79.3 Å². The second kappa shape index (κ2) is 3.77. The third-order valence-electron chi connectivity index (χ3n) is 1.78. The third kappa shape index (κ3) is 1.92. The molecule has 0 aliphatic rings. The van der Waals surface area contributed by atoms with E-state index in [0.29, 0.717) is 0 Å². The van der Waals surface area contributed by atoms with Gasteiger partial charge in [0.1, 0.15) is 11.3 Å². The van der Waals surface area contributed by atoms with Crippen molar-refractivity contribution in [3.8, 4) is 0 Å². The minimum Gasteiger partial charge on any atom is -0.478 e. The van der Waals surface area contributed by atoms with Gasteiger partial charge in [0.2, 0.25) is 0 Å². The number of furan rings is 1. The minimum atomic E-state index is -2.89. The second-order valence-electron chi connectivity index (χ2n) is 3.19. The van der Waals surface area contributed by atoms with E-state index in [-0.39, 0.29) is 11.7 Å². The van der Waals surface area contributed by atoms with Gasteiger partial charge < -0.3 is 9.52 Å². The normalized spacial score (nSPS) is 11.3. The smallest absolute Gasteiger partial charge is 0.339 e. The quantitative estimate of drug-likeness (QED) is 0.823. The molecule has 1 N–H and O–H groups in total. The molecule has 1 aromatic rings. The van der Waals surface area contributed by atoms with Crippen molar-refractivity contribution in [1.29, 1.82) is 0 Å². The average Bonchev–Trinajstić information content (AvgIpc) is 2.47. The minimum absolute atomic E-state index is 0.111. The highest BCUT2D eigenvalue weighted by molar-refractivity contribution is 5.89. The van der Waals surface area contributed by atoms with Crippen LogP contribution in [-0.2, 0) is 0 Å². The molecule has 0 saturated carbocycles. The van der Waals surface area contributed by atoms with Crippen LogP contribution in [0.15, 0.2) is 10.5 Å². The molecule has 1 heterocycles. The highest BCUT2D eigenvalue weighted by Gasteiger charge is 2.24. The summed E-state index contributed by atoms with van der Waals surface area (Å²) in [5, 5.41) is 8.62. The van der Waals surface area contributed by atoms with Gasteiger partial charge >= 0.3 is 5.97 Å². The van der Waals surface area contributed by atoms with Gasteiger partial charge in [-0.3, -0.25) is 0 Å². The number of carboxylic acids is 1. The highest BCUT2D eigenvalue weighted by Crippen LogP contribution is 2.29. The average molecular weight is 204 g/mol. The lowest BCUT2D eigenvalue weighted by atomic mass is 10.1. The first-order chi connectivity index (χ1) is 6.43. The SMILES string of the molecule is CC(C)c1cc(C(=O)O)c(C(F)F)o1. The van der Waals surface area contributed by atoms with Gasteiger partial charge in [-0.05, 0) is 6.07 Å². The van der Waals surface area contributed by atoms with E-state index in [4.69, 9.17) is 9.52 Å². The van der Waals surface area contributed by atoms with Crippen molar-refractivity contribution in [2.75, 3.05) is 0 Å². The predicted molar refractivity (Wildman–Crippen MR) is 44.7 cm³/mol. The molecular formula is C9H10F2O3. The van der Waals surface area contributed by atoms with Crippen LogP contribution < -0.4 is 0 Å². The van der Waals surface area contributed by atoms with Crippen LogP contribution in [0.2, 0.25) is 0 Å². The summed E-state index contributed by atoms with van der Waals surface area (Å²) in [7, 11) is 0. The first kappa shape index (κ1) is 10.7. The summed E-state index contributed by atoms with van der Waals surface area (Å²) >= 11 is 0. The molecule has 0 amide bonds. The van der Waals surface area contributed by atoms with Crippen LogP contribution in [0.3, 0.4) is 0 Å². The fourth-order valence-electron chi connectivity index (χ4n) is 1.04. The number of aromatic carboxylic acids is 1. The lowest BCUT2D eigenvalue weighted by Gasteiger charge is -1.98. The van der Waals surface area contributed by atoms with Crippen molar-refractivity contribution in [2.24, 2.45) is 0 Å². The zero-order valence-electron chi connectivity index (χ0n) is 7.75. The summed E-state index contributed by atoms with van der Waals surface area (Å²) in [6.07, 6.45) is -2.89. The molecule has 3 nitrogen and oxygen atoms in total. The Morgan fingerprint density at radius 3 is 2.36 bits per heavy atom. The number of carbonyl (C=O) groups is 1. The van der Waals surface area contributed by atoms with Crippen molar-refractivity contribution in [3.63, 3.8) is 0 Å². The zero-order chi connectivity index (χ0) is 10.9. The largest absolute Gasteiger partial charge is 0.478 e. The summed E-state index contributed by atoms with van der Waals surface area (Å²) in [6, 6.07) is 1.15. The molecule has 0 bridgehead atoms. The third-order valence-corrected chi connectivity index (χ3v) is 1.78. The van der Waals surface area contributed by atoms with Gasteiger partial charge in [-0.15, -0.1) is 0 Å². The van der Waals surface area contributed by atoms with E-state index in [0.717, 1.165) is 6.07 Å². The summed E-state index contributed by atoms with van der Waals surface area (Å²) in [4.78, 5) is 10.6. The molecular weight excluding hydrogens is 194 g/mol. The van der Waals surface area contributed by atoms with E-state index < -0.39 is 23.7 Å². The maximum Gasteiger partial charge on any atom is 0.339 e. The summed E-state index contributed by atoms with van der Waals surface area (Å²) in [5.41, 5.74) is -0.455. The molecule has 0 fully saturated rings. The number of hydrogen-bond donors (Lipinski definition) is 1. The Morgan fingerprint density at radius 2 is 2.07 bits per heavy atom. The van der Waals surface area contributed by atoms with Crippen LogP contribution >= 0.6 is 0 Å². The maximum atomic E-state index is 12.3. The highest BCUT2D eigenvalue weighted by atomic mass is 19.3. The van der Waals surface area contributed by atoms with E-state index in [1.165, 1.54) is 0 Å². The molecule has 5 heteroatoms. The predicted octanol–water partition coefficient (Wildman–Crippen LogP) is 3.04. The van der Waals surface area contributed by atoms with Gasteiger partial charge in [0, 0.05) is 5.92 Å². The van der Waals surface area contributed by atoms with E-state index >= 15 is 0 Å². The van der Waals surface area contributed by atoms with E-state index in [1.807, 2.05) is 0 Å². The first-order valence-electron chi connectivity index (χ1n) is 4.08. The maximum absolute atomic E-state index is 12.3. The molecule has 1 aromatic heterocycles. The molecule has 0 aliphatic heterocycles. The number of rotatable bonds is 3. The molecule has 0 atom stereocenters. The van der Waals surface area contributed by atoms with Crippen LogP contribution in [0.5, 0.6) is 0 Å². The van der Waals surface area contributed by atoms with Crippen LogP contribution in [0.25, 0.3) is 0 Å². The Hall–Kier alpha value is -1.39. The van der Waals surface area contributed by atoms with Crippen LogP contribution in [0, 0.1) is 0 Å². The summed E-state index contributed by atoms with van der Waals surface area (Å²) < 4.78 is 29.4. The summed E-state index contributed by atoms with van der Waals surface area (Å²) in [5.74, 6) is -2.00. The van der Waals surface area contributed by atoms with Crippen molar-refractivity contribution < 1.29 is 23.1 Å². The number of carboxylic acid groups (broad SMARTS) is 1. The van der Waals surface area contributed by atoms with Crippen LogP contribution in [-0.4, -0.2) is 11.1 Å². The van der Waals surface area contributed by atoms with Crippen LogP contribution in [0.1, 0.15) is 48.1 Å². The van der Waals surface area contributed by atoms with Gasteiger partial charge in [-0.1, -0.05) is 13.8 Å². The lowest BCUT2D eigenvalue weighted by Crippen LogP contribution is -1.98. The molecule has 14 heavy (non-hydrogen) atoms. The topological polar surface area (TPSA) is 50.4 Å². The lowest BCUT2D eigenvalue weighted by molar-refractivity contribution is 0.0672. The number of hydrogen-bond acceptors (Lipinski definition) is 2. The van der Waals surface area contributed by atoms with Gasteiger partial charge in [0.15, 0.2) is 5.76 Å². The Kier molecular flexibility index (Phi) is 2.88. The molecule has 1 rings (SSSR count). The molecule has 0 radical (unpaired) electrons. The summed E-state index contributed by atoms with van der Waals surface area (Å²) in [6.45, 7) is 3.47. The standard InChI is InChI=1S/C9H10F2O3/c1-4(2)6-3-5(9(12)13)7(14-6)8(10)11/h3-4,8H,1-2H3,(H,12,13). The van der Waals surface area contributed by atoms with E-state index in [1.54, 1.807) is 13.8 Å². The molecule has 0 saturated heterocycles. The molecule has 0 aliphatic carbocycles. The Balaban J connectivity index is 3.19. The second-order valence-corrected chi connectivity index (χ2v) is 3.19. The van der Waals surface area contributed by atoms with Crippen molar-refractivity contribution in [2.45, 2.75) is 26.2 Å². The van der Waals surface area contributed by atoms with Crippen molar-refractivity contribution in [3.05, 3.63) is 23.2 Å². The molecule has 0 spiro atoms. The number of halogens is 2. The Morgan fingerprint density at radius 1 is 1.50 bits per heavy atom. The van der Waals surface area contributed by atoms with E-state index in [2.05, 4.69) is 0 Å². The molecule has 0 unspecified atom stereocenters. The van der Waals surface area contributed by atoms with Gasteiger partial charge in [0.25, 0.3) is 6.43 Å². The fraction of sp³-hybridized carbons (Fsp3) is 0.444. The number of alkyl halides is 2. The van der Waals surface area contributed by atoms with Gasteiger partial charge in [-0.2, -0.15) is 0 Å². The zero-order valence-corrected chi connectivity index (χ0v) is 7.75. The van der Waals surface area contributed by atoms with Gasteiger partial charge in [0.05, 0.1) is 0 Å². The van der Waals surface area contributed by atoms with Crippen LogP contribution in [0.4, 0.5) is 8.78 Å². The molecule has 0 aromatic carbocycles. The van der Waals surface area contributed by atoms with Crippen molar-refractivity contribution in [1.82, 2.24) is 0 Å². The van der Waals surface area contributed by atoms with E-state index in [9.17, 15) is 13.6 Å². The molecule has 78 valence electrons. The monoisotopic (exact) mass is 204 g/mol. The van der Waals surface area contributed by atoms with Crippen molar-refractivity contribution >= 4 is 5.97 Å². The van der Waals surface area contributed by atoms with Gasteiger partial charge in [-0.25, -0.2) is 13.6 Å².